The van der Waals surface area contributed by atoms with Gasteiger partial charge in [0.05, 0.1) is 11.6 Å². The minimum Gasteiger partial charge on any atom is -0.364 e. The van der Waals surface area contributed by atoms with Crippen LogP contribution in [0.25, 0.3) is 11.4 Å². The third-order valence-electron chi connectivity index (χ3n) is 3.98. The van der Waals surface area contributed by atoms with Gasteiger partial charge in [0, 0.05) is 42.0 Å². The van der Waals surface area contributed by atoms with Gasteiger partial charge in [-0.3, -0.25) is 4.98 Å². The smallest absolute Gasteiger partial charge is 0.161 e. The highest BCUT2D eigenvalue weighted by Gasteiger charge is 2.12. The Hall–Kier alpha value is -2.11. The highest BCUT2D eigenvalue weighted by Crippen LogP contribution is 2.26. The molecule has 3 aromatic rings. The van der Waals surface area contributed by atoms with Crippen molar-refractivity contribution in [3.05, 3.63) is 57.7 Å². The van der Waals surface area contributed by atoms with E-state index in [0.29, 0.717) is 22.5 Å². The fraction of sp³-hybridized carbons (Fsp3) is 0.235. The van der Waals surface area contributed by atoms with E-state index in [2.05, 4.69) is 20.3 Å². The summed E-state index contributed by atoms with van der Waals surface area (Å²) in [5, 5.41) is 4.43. The molecular formula is C17H17Cl2N5. The van der Waals surface area contributed by atoms with Crippen molar-refractivity contribution in [2.24, 2.45) is 7.05 Å². The van der Waals surface area contributed by atoms with Crippen LogP contribution in [0.4, 0.5) is 5.82 Å². The Morgan fingerprint density at radius 1 is 1.12 bits per heavy atom. The molecule has 0 fully saturated rings. The van der Waals surface area contributed by atoms with Gasteiger partial charge in [0.2, 0.25) is 0 Å². The third kappa shape index (κ3) is 3.23. The van der Waals surface area contributed by atoms with Gasteiger partial charge in [0.25, 0.3) is 0 Å². The number of aryl methyl sites for hydroxylation is 1. The maximum absolute atomic E-state index is 6.11. The topological polar surface area (TPSA) is 55.6 Å². The minimum atomic E-state index is 0.529. The Labute approximate surface area is 150 Å². The average molecular weight is 362 g/mol. The van der Waals surface area contributed by atoms with Gasteiger partial charge in [-0.05, 0) is 32.0 Å². The zero-order chi connectivity index (χ0) is 17.3. The summed E-state index contributed by atoms with van der Waals surface area (Å²) in [6.07, 6.45) is 3.46. The second-order valence-electron chi connectivity index (χ2n) is 5.53. The first-order chi connectivity index (χ1) is 11.5. The van der Waals surface area contributed by atoms with Crippen LogP contribution in [-0.4, -0.2) is 19.5 Å². The molecule has 24 heavy (non-hydrogen) atoms. The summed E-state index contributed by atoms with van der Waals surface area (Å²) < 4.78 is 1.85. The summed E-state index contributed by atoms with van der Waals surface area (Å²) in [5.74, 6) is 1.47. The summed E-state index contributed by atoms with van der Waals surface area (Å²) >= 11 is 12.2. The highest BCUT2D eigenvalue weighted by molar-refractivity contribution is 6.41. The molecule has 0 spiro atoms. The fourth-order valence-corrected chi connectivity index (χ4v) is 2.78. The molecule has 124 valence electrons. The normalized spacial score (nSPS) is 10.9. The SMILES string of the molecule is Cc1nc(-c2ccncc2)nc(NCc2cc(Cl)c(Cl)n2C)c1C. The number of anilines is 1. The second-order valence-corrected chi connectivity index (χ2v) is 6.29. The van der Waals surface area contributed by atoms with Crippen molar-refractivity contribution >= 4 is 29.0 Å². The average Bonchev–Trinajstić information content (AvgIpc) is 2.84. The van der Waals surface area contributed by atoms with Gasteiger partial charge in [-0.15, -0.1) is 0 Å². The zero-order valence-electron chi connectivity index (χ0n) is 13.6. The molecule has 3 aromatic heterocycles. The number of nitrogens with one attached hydrogen (secondary N) is 1. The Bertz CT molecular complexity index is 874. The molecule has 0 aliphatic rings. The van der Waals surface area contributed by atoms with Crippen LogP contribution >= 0.6 is 23.2 Å². The summed E-state index contributed by atoms with van der Waals surface area (Å²) in [7, 11) is 1.88. The molecule has 0 saturated carbocycles. The van der Waals surface area contributed by atoms with Crippen LogP contribution in [0.2, 0.25) is 10.2 Å². The van der Waals surface area contributed by atoms with E-state index in [1.54, 1.807) is 12.4 Å². The Kier molecular flexibility index (Phi) is 4.73. The molecule has 0 amide bonds. The number of aromatic nitrogens is 4. The van der Waals surface area contributed by atoms with E-state index in [9.17, 15) is 0 Å². The van der Waals surface area contributed by atoms with Gasteiger partial charge >= 0.3 is 0 Å². The van der Waals surface area contributed by atoms with Crippen molar-refractivity contribution in [2.45, 2.75) is 20.4 Å². The lowest BCUT2D eigenvalue weighted by molar-refractivity contribution is 0.839. The lowest BCUT2D eigenvalue weighted by atomic mass is 10.2. The van der Waals surface area contributed by atoms with Crippen LogP contribution in [-0.2, 0) is 13.6 Å². The first kappa shape index (κ1) is 16.7. The van der Waals surface area contributed by atoms with Crippen LogP contribution in [0.15, 0.2) is 30.6 Å². The molecule has 0 aliphatic carbocycles. The second kappa shape index (κ2) is 6.79. The number of hydrogen-bond donors (Lipinski definition) is 1. The predicted molar refractivity (Wildman–Crippen MR) is 97.5 cm³/mol. The Balaban J connectivity index is 1.90. The number of hydrogen-bond acceptors (Lipinski definition) is 4. The van der Waals surface area contributed by atoms with Crippen molar-refractivity contribution in [1.29, 1.82) is 0 Å². The van der Waals surface area contributed by atoms with E-state index in [-0.39, 0.29) is 0 Å². The van der Waals surface area contributed by atoms with Crippen molar-refractivity contribution in [1.82, 2.24) is 19.5 Å². The lowest BCUT2D eigenvalue weighted by Crippen LogP contribution is -2.09. The lowest BCUT2D eigenvalue weighted by Gasteiger charge is -2.13. The minimum absolute atomic E-state index is 0.529. The molecule has 5 nitrogen and oxygen atoms in total. The number of nitrogens with zero attached hydrogens (tertiary/aromatic N) is 4. The molecule has 0 bridgehead atoms. The third-order valence-corrected chi connectivity index (χ3v) is 4.82. The van der Waals surface area contributed by atoms with E-state index >= 15 is 0 Å². The van der Waals surface area contributed by atoms with Gasteiger partial charge in [0.1, 0.15) is 11.0 Å². The molecule has 0 aliphatic heterocycles. The Morgan fingerprint density at radius 2 is 1.83 bits per heavy atom. The van der Waals surface area contributed by atoms with Crippen LogP contribution in [0.5, 0.6) is 0 Å². The molecule has 1 N–H and O–H groups in total. The molecule has 0 unspecified atom stereocenters. The van der Waals surface area contributed by atoms with Crippen LogP contribution in [0.1, 0.15) is 17.0 Å². The van der Waals surface area contributed by atoms with E-state index in [1.807, 2.05) is 43.7 Å². The van der Waals surface area contributed by atoms with Gasteiger partial charge in [0.15, 0.2) is 5.82 Å². The first-order valence-electron chi connectivity index (χ1n) is 7.46. The summed E-state index contributed by atoms with van der Waals surface area (Å²) in [6.45, 7) is 4.54. The van der Waals surface area contributed by atoms with E-state index in [4.69, 9.17) is 23.2 Å². The predicted octanol–water partition coefficient (Wildman–Crippen LogP) is 4.41. The van der Waals surface area contributed by atoms with E-state index < -0.39 is 0 Å². The zero-order valence-corrected chi connectivity index (χ0v) is 15.2. The van der Waals surface area contributed by atoms with Crippen molar-refractivity contribution in [3.8, 4) is 11.4 Å². The summed E-state index contributed by atoms with van der Waals surface area (Å²) in [4.78, 5) is 13.3. The maximum Gasteiger partial charge on any atom is 0.161 e. The van der Waals surface area contributed by atoms with Crippen molar-refractivity contribution in [3.63, 3.8) is 0 Å². The number of rotatable bonds is 4. The van der Waals surface area contributed by atoms with Gasteiger partial charge < -0.3 is 9.88 Å². The molecule has 0 radical (unpaired) electrons. The van der Waals surface area contributed by atoms with E-state index in [1.165, 1.54) is 0 Å². The number of halogens is 2. The quantitative estimate of drug-likeness (QED) is 0.747. The maximum atomic E-state index is 6.11. The summed E-state index contributed by atoms with van der Waals surface area (Å²) in [6, 6.07) is 5.64. The van der Waals surface area contributed by atoms with Crippen molar-refractivity contribution in [2.75, 3.05) is 5.32 Å². The van der Waals surface area contributed by atoms with Gasteiger partial charge in [-0.25, -0.2) is 9.97 Å². The van der Waals surface area contributed by atoms with Crippen molar-refractivity contribution < 1.29 is 0 Å². The molecule has 3 heterocycles. The highest BCUT2D eigenvalue weighted by atomic mass is 35.5. The van der Waals surface area contributed by atoms with Gasteiger partial charge in [-0.1, -0.05) is 23.2 Å². The molecule has 7 heteroatoms. The monoisotopic (exact) mass is 361 g/mol. The molecule has 0 atom stereocenters. The molecule has 0 saturated heterocycles. The van der Waals surface area contributed by atoms with E-state index in [0.717, 1.165) is 28.3 Å². The van der Waals surface area contributed by atoms with Crippen LogP contribution < -0.4 is 5.32 Å². The first-order valence-corrected chi connectivity index (χ1v) is 8.22. The standard InChI is InChI=1S/C17H17Cl2N5/c1-10-11(2)22-17(12-4-6-20-7-5-12)23-16(10)21-9-13-8-14(18)15(19)24(13)3/h4-8H,9H2,1-3H3,(H,21,22,23). The fourth-order valence-electron chi connectivity index (χ4n) is 2.36. The largest absolute Gasteiger partial charge is 0.364 e. The molecule has 0 aromatic carbocycles. The molecular weight excluding hydrogens is 345 g/mol. The van der Waals surface area contributed by atoms with Crippen LogP contribution in [0, 0.1) is 13.8 Å². The Morgan fingerprint density at radius 3 is 2.46 bits per heavy atom. The summed E-state index contributed by atoms with van der Waals surface area (Å²) in [5.41, 5.74) is 3.86. The molecule has 3 rings (SSSR count). The number of pyridine rings is 1. The van der Waals surface area contributed by atoms with Crippen LogP contribution in [0.3, 0.4) is 0 Å². The van der Waals surface area contributed by atoms with Gasteiger partial charge in [-0.2, -0.15) is 0 Å².